The molecule has 1 aromatic heterocycles. The second kappa shape index (κ2) is 6.78. The van der Waals surface area contributed by atoms with E-state index in [-0.39, 0.29) is 31.0 Å². The average Bonchev–Trinajstić information content (AvgIpc) is 2.62. The van der Waals surface area contributed by atoms with E-state index in [2.05, 4.69) is 4.74 Å². The Morgan fingerprint density at radius 1 is 1.22 bits per heavy atom. The van der Waals surface area contributed by atoms with Crippen LogP contribution in [-0.4, -0.2) is 27.5 Å². The Kier molecular flexibility index (Phi) is 5.35. The molecule has 0 unspecified atom stereocenters. The number of esters is 1. The van der Waals surface area contributed by atoms with Crippen LogP contribution in [0.4, 0.5) is 0 Å². The van der Waals surface area contributed by atoms with Crippen molar-refractivity contribution < 1.29 is 14.3 Å². The first-order valence-corrected chi connectivity index (χ1v) is 6.01. The molecule has 0 amide bonds. The second-order valence-electron chi connectivity index (χ2n) is 3.92. The number of rotatable bonds is 7. The molecule has 0 spiro atoms. The quantitative estimate of drug-likeness (QED) is 0.527. The van der Waals surface area contributed by atoms with E-state index in [1.807, 2.05) is 6.92 Å². The Labute approximate surface area is 105 Å². The third kappa shape index (κ3) is 3.87. The monoisotopic (exact) mass is 254 g/mol. The summed E-state index contributed by atoms with van der Waals surface area (Å²) in [7, 11) is 0. The van der Waals surface area contributed by atoms with Crippen molar-refractivity contribution in [1.82, 2.24) is 9.13 Å². The van der Waals surface area contributed by atoms with Gasteiger partial charge in [0.25, 0.3) is 0 Å². The Hall–Kier alpha value is -1.85. The van der Waals surface area contributed by atoms with Crippen LogP contribution >= 0.6 is 0 Å². The highest BCUT2D eigenvalue weighted by molar-refractivity contribution is 5.95. The minimum atomic E-state index is -0.552. The molecular formula is C12H18N2O4. The molecule has 0 bridgehead atoms. The Morgan fingerprint density at radius 3 is 2.50 bits per heavy atom. The van der Waals surface area contributed by atoms with Crippen LogP contribution in [-0.2, 0) is 27.4 Å². The van der Waals surface area contributed by atoms with E-state index in [1.165, 1.54) is 9.13 Å². The summed E-state index contributed by atoms with van der Waals surface area (Å²) in [6.45, 7) is 4.43. The molecule has 0 fully saturated rings. The summed E-state index contributed by atoms with van der Waals surface area (Å²) in [5.74, 6) is -0.881. The van der Waals surface area contributed by atoms with Crippen LogP contribution in [0.1, 0.15) is 26.7 Å². The number of ether oxygens (including phenoxy) is 1. The van der Waals surface area contributed by atoms with Crippen LogP contribution in [0.25, 0.3) is 0 Å². The highest BCUT2D eigenvalue weighted by Gasteiger charge is 2.12. The van der Waals surface area contributed by atoms with Crippen molar-refractivity contribution in [2.45, 2.75) is 39.8 Å². The Bertz CT molecular complexity index is 473. The van der Waals surface area contributed by atoms with E-state index in [1.54, 1.807) is 19.3 Å². The van der Waals surface area contributed by atoms with Gasteiger partial charge in [-0.15, -0.1) is 0 Å². The third-order valence-electron chi connectivity index (χ3n) is 2.38. The first-order chi connectivity index (χ1) is 8.58. The lowest BCUT2D eigenvalue weighted by Gasteiger charge is -2.02. The normalized spacial score (nSPS) is 10.3. The van der Waals surface area contributed by atoms with Gasteiger partial charge < -0.3 is 4.74 Å². The number of carbonyl (C=O) groups excluding carboxylic acids is 2. The van der Waals surface area contributed by atoms with Crippen molar-refractivity contribution in [3.63, 3.8) is 0 Å². The van der Waals surface area contributed by atoms with Crippen LogP contribution in [0, 0.1) is 0 Å². The predicted octanol–water partition coefficient (Wildman–Crippen LogP) is 0.582. The fourth-order valence-electron chi connectivity index (χ4n) is 1.60. The molecule has 0 aliphatic heterocycles. The number of imidazole rings is 1. The molecular weight excluding hydrogens is 236 g/mol. The van der Waals surface area contributed by atoms with Gasteiger partial charge in [0.2, 0.25) is 0 Å². The smallest absolute Gasteiger partial charge is 0.328 e. The van der Waals surface area contributed by atoms with Gasteiger partial charge in [-0.2, -0.15) is 0 Å². The van der Waals surface area contributed by atoms with Gasteiger partial charge in [-0.25, -0.2) is 4.79 Å². The fraction of sp³-hybridized carbons (Fsp3) is 0.583. The number of aromatic nitrogens is 2. The van der Waals surface area contributed by atoms with Crippen molar-refractivity contribution in [3.05, 3.63) is 22.9 Å². The van der Waals surface area contributed by atoms with Gasteiger partial charge in [0.1, 0.15) is 6.42 Å². The molecule has 1 heterocycles. The topological polar surface area (TPSA) is 70.3 Å². The summed E-state index contributed by atoms with van der Waals surface area (Å²) in [4.78, 5) is 34.4. The van der Waals surface area contributed by atoms with Gasteiger partial charge in [0.15, 0.2) is 5.78 Å². The lowest BCUT2D eigenvalue weighted by atomic mass is 10.3. The van der Waals surface area contributed by atoms with Gasteiger partial charge in [-0.3, -0.25) is 18.7 Å². The van der Waals surface area contributed by atoms with Crippen LogP contribution in [0.2, 0.25) is 0 Å². The van der Waals surface area contributed by atoms with E-state index < -0.39 is 5.97 Å². The summed E-state index contributed by atoms with van der Waals surface area (Å²) in [6.07, 6.45) is 3.75. The minimum absolute atomic E-state index is 0.0889. The molecule has 0 aliphatic carbocycles. The SMILES string of the molecule is CCCn1ccn(CC(=O)CC(=O)OCC)c1=O. The number of hydrogen-bond acceptors (Lipinski definition) is 4. The standard InChI is InChI=1S/C12H18N2O4/c1-3-5-13-6-7-14(12(13)17)9-10(15)8-11(16)18-4-2/h6-7H,3-5,8-9H2,1-2H3. The highest BCUT2D eigenvalue weighted by atomic mass is 16.5. The molecule has 0 N–H and O–H groups in total. The van der Waals surface area contributed by atoms with E-state index in [0.717, 1.165) is 6.42 Å². The summed E-state index contributed by atoms with van der Waals surface area (Å²) in [5, 5.41) is 0. The zero-order valence-electron chi connectivity index (χ0n) is 10.7. The third-order valence-corrected chi connectivity index (χ3v) is 2.38. The minimum Gasteiger partial charge on any atom is -0.466 e. The summed E-state index contributed by atoms with van der Waals surface area (Å²) < 4.78 is 7.51. The number of carbonyl (C=O) groups is 2. The van der Waals surface area contributed by atoms with E-state index in [0.29, 0.717) is 6.54 Å². The first kappa shape index (κ1) is 14.2. The maximum Gasteiger partial charge on any atom is 0.328 e. The Morgan fingerprint density at radius 2 is 1.89 bits per heavy atom. The molecule has 6 heteroatoms. The maximum absolute atomic E-state index is 11.8. The van der Waals surface area contributed by atoms with Crippen molar-refractivity contribution in [3.8, 4) is 0 Å². The van der Waals surface area contributed by atoms with Crippen LogP contribution in [0.5, 0.6) is 0 Å². The molecule has 0 aromatic carbocycles. The van der Waals surface area contributed by atoms with Gasteiger partial charge in [0.05, 0.1) is 13.2 Å². The van der Waals surface area contributed by atoms with Gasteiger partial charge in [0, 0.05) is 18.9 Å². The largest absolute Gasteiger partial charge is 0.466 e. The number of hydrogen-bond donors (Lipinski definition) is 0. The molecule has 1 aromatic rings. The summed E-state index contributed by atoms with van der Waals surface area (Å²) in [5.41, 5.74) is -0.228. The molecule has 1 rings (SSSR count). The first-order valence-electron chi connectivity index (χ1n) is 6.01. The number of nitrogens with zero attached hydrogens (tertiary/aromatic N) is 2. The molecule has 0 saturated heterocycles. The second-order valence-corrected chi connectivity index (χ2v) is 3.92. The lowest BCUT2D eigenvalue weighted by molar-refractivity contribution is -0.145. The lowest BCUT2D eigenvalue weighted by Crippen LogP contribution is -2.27. The molecule has 0 aliphatic rings. The van der Waals surface area contributed by atoms with Gasteiger partial charge in [-0.05, 0) is 13.3 Å². The van der Waals surface area contributed by atoms with E-state index >= 15 is 0 Å². The van der Waals surface area contributed by atoms with Gasteiger partial charge >= 0.3 is 11.7 Å². The Balaban J connectivity index is 2.60. The summed E-state index contributed by atoms with van der Waals surface area (Å²) in [6, 6.07) is 0. The summed E-state index contributed by atoms with van der Waals surface area (Å²) >= 11 is 0. The highest BCUT2D eigenvalue weighted by Crippen LogP contribution is 1.94. The molecule has 0 radical (unpaired) electrons. The van der Waals surface area contributed by atoms with Crippen molar-refractivity contribution >= 4 is 11.8 Å². The fourth-order valence-corrected chi connectivity index (χ4v) is 1.60. The van der Waals surface area contributed by atoms with E-state index in [9.17, 15) is 14.4 Å². The maximum atomic E-state index is 11.8. The van der Waals surface area contributed by atoms with Crippen LogP contribution in [0.15, 0.2) is 17.2 Å². The number of Topliss-reactive ketones (excluding diaryl/α,β-unsaturated/α-hetero) is 1. The zero-order valence-corrected chi connectivity index (χ0v) is 10.7. The van der Waals surface area contributed by atoms with Crippen LogP contribution < -0.4 is 5.69 Å². The zero-order chi connectivity index (χ0) is 13.5. The van der Waals surface area contributed by atoms with Crippen molar-refractivity contribution in [1.29, 1.82) is 0 Å². The van der Waals surface area contributed by atoms with Crippen LogP contribution in [0.3, 0.4) is 0 Å². The van der Waals surface area contributed by atoms with E-state index in [4.69, 9.17) is 0 Å². The van der Waals surface area contributed by atoms with Crippen molar-refractivity contribution in [2.75, 3.05) is 6.61 Å². The molecule has 100 valence electrons. The molecule has 18 heavy (non-hydrogen) atoms. The predicted molar refractivity (Wildman–Crippen MR) is 65.2 cm³/mol. The van der Waals surface area contributed by atoms with Crippen molar-refractivity contribution in [2.24, 2.45) is 0 Å². The number of ketones is 1. The molecule has 6 nitrogen and oxygen atoms in total. The molecule has 0 saturated carbocycles. The average molecular weight is 254 g/mol. The van der Waals surface area contributed by atoms with Gasteiger partial charge in [-0.1, -0.05) is 6.92 Å². The molecule has 0 atom stereocenters. The number of aryl methyl sites for hydroxylation is 1.